The Hall–Kier alpha value is -3.67. The van der Waals surface area contributed by atoms with Gasteiger partial charge >= 0.3 is 0 Å². The van der Waals surface area contributed by atoms with Crippen LogP contribution in [0.25, 0.3) is 33.7 Å². The molecule has 0 atom stereocenters. The minimum atomic E-state index is -0.0136. The lowest BCUT2D eigenvalue weighted by molar-refractivity contribution is 0.0803. The zero-order chi connectivity index (χ0) is 21.3. The summed E-state index contributed by atoms with van der Waals surface area (Å²) in [5.41, 5.74) is 5.57. The van der Waals surface area contributed by atoms with Crippen molar-refractivity contribution in [3.05, 3.63) is 71.7 Å². The van der Waals surface area contributed by atoms with Crippen molar-refractivity contribution in [1.29, 1.82) is 0 Å². The van der Waals surface area contributed by atoms with Gasteiger partial charge in [0.05, 0.1) is 16.8 Å². The number of hydrogen-bond donors (Lipinski definition) is 0. The molecule has 0 spiro atoms. The van der Waals surface area contributed by atoms with Crippen molar-refractivity contribution in [2.24, 2.45) is 0 Å². The van der Waals surface area contributed by atoms with Gasteiger partial charge in [0.25, 0.3) is 5.91 Å². The zero-order valence-corrected chi connectivity index (χ0v) is 17.5. The molecule has 0 aliphatic heterocycles. The van der Waals surface area contributed by atoms with Gasteiger partial charge in [-0.15, -0.1) is 0 Å². The molecule has 3 aromatic heterocycles. The molecule has 0 fully saturated rings. The Labute approximate surface area is 175 Å². The van der Waals surface area contributed by atoms with E-state index in [4.69, 9.17) is 4.98 Å². The van der Waals surface area contributed by atoms with Crippen LogP contribution < -0.4 is 0 Å². The number of fused-ring (bicyclic) bond motifs is 1. The summed E-state index contributed by atoms with van der Waals surface area (Å²) in [5, 5.41) is 0.868. The third-order valence-corrected chi connectivity index (χ3v) is 5.24. The molecular weight excluding hydrogens is 374 g/mol. The Bertz CT molecular complexity index is 1220. The third kappa shape index (κ3) is 3.52. The molecule has 3 heterocycles. The number of carbonyl (C=O) groups excluding carboxylic acids is 1. The summed E-state index contributed by atoms with van der Waals surface area (Å²) in [6, 6.07) is 11.6. The summed E-state index contributed by atoms with van der Waals surface area (Å²) >= 11 is 0. The van der Waals surface area contributed by atoms with Crippen LogP contribution in [-0.2, 0) is 0 Å². The standard InChI is InChI=1S/C24H23N5O/c1-5-29(4)24(30)21-16(3)22(28-19-10-9-15(2)12-18(19)21)17-13-26-23(27-14-17)20-8-6-7-11-25-20/h6-14H,5H2,1-4H3. The maximum atomic E-state index is 13.2. The summed E-state index contributed by atoms with van der Waals surface area (Å²) in [7, 11) is 1.81. The summed E-state index contributed by atoms with van der Waals surface area (Å²) in [5.74, 6) is 0.538. The van der Waals surface area contributed by atoms with Crippen LogP contribution in [-0.4, -0.2) is 44.3 Å². The first-order valence-corrected chi connectivity index (χ1v) is 9.89. The second-order valence-electron chi connectivity index (χ2n) is 7.31. The van der Waals surface area contributed by atoms with Crippen molar-refractivity contribution in [2.45, 2.75) is 20.8 Å². The number of amides is 1. The van der Waals surface area contributed by atoms with Crippen molar-refractivity contribution in [3.8, 4) is 22.8 Å². The van der Waals surface area contributed by atoms with Crippen molar-refractivity contribution >= 4 is 16.8 Å². The lowest BCUT2D eigenvalue weighted by Crippen LogP contribution is -2.27. The fraction of sp³-hybridized carbons (Fsp3) is 0.208. The Balaban J connectivity index is 1.88. The van der Waals surface area contributed by atoms with Gasteiger partial charge in [-0.05, 0) is 50.6 Å². The van der Waals surface area contributed by atoms with Gasteiger partial charge in [-0.3, -0.25) is 9.78 Å². The first-order valence-electron chi connectivity index (χ1n) is 9.89. The van der Waals surface area contributed by atoms with Crippen LogP contribution in [0.2, 0.25) is 0 Å². The molecular formula is C24H23N5O. The lowest BCUT2D eigenvalue weighted by atomic mass is 9.97. The molecule has 30 heavy (non-hydrogen) atoms. The van der Waals surface area contributed by atoms with Crippen LogP contribution in [0.1, 0.15) is 28.4 Å². The van der Waals surface area contributed by atoms with Gasteiger partial charge in [0.1, 0.15) is 5.69 Å². The van der Waals surface area contributed by atoms with Gasteiger partial charge in [-0.1, -0.05) is 17.7 Å². The molecule has 0 aliphatic rings. The summed E-state index contributed by atoms with van der Waals surface area (Å²) in [4.78, 5) is 33.0. The quantitative estimate of drug-likeness (QED) is 0.508. The summed E-state index contributed by atoms with van der Waals surface area (Å²) in [6.45, 7) is 6.55. The summed E-state index contributed by atoms with van der Waals surface area (Å²) < 4.78 is 0. The molecule has 0 bridgehead atoms. The molecule has 0 unspecified atom stereocenters. The maximum Gasteiger partial charge on any atom is 0.254 e. The summed E-state index contributed by atoms with van der Waals surface area (Å²) in [6.07, 6.45) is 5.19. The Morgan fingerprint density at radius 1 is 1.03 bits per heavy atom. The minimum absolute atomic E-state index is 0.0136. The minimum Gasteiger partial charge on any atom is -0.342 e. The van der Waals surface area contributed by atoms with E-state index in [2.05, 4.69) is 15.0 Å². The Morgan fingerprint density at radius 2 is 1.80 bits per heavy atom. The SMILES string of the molecule is CCN(C)C(=O)c1c(C)c(-c2cnc(-c3ccccn3)nc2)nc2ccc(C)cc12. The van der Waals surface area contributed by atoms with Crippen LogP contribution in [0.4, 0.5) is 0 Å². The number of aryl methyl sites for hydroxylation is 1. The monoisotopic (exact) mass is 397 g/mol. The number of nitrogens with zero attached hydrogens (tertiary/aromatic N) is 5. The molecule has 1 aromatic carbocycles. The number of benzene rings is 1. The van der Waals surface area contributed by atoms with Crippen molar-refractivity contribution in [2.75, 3.05) is 13.6 Å². The second-order valence-corrected chi connectivity index (χ2v) is 7.31. The highest BCUT2D eigenvalue weighted by Gasteiger charge is 2.21. The molecule has 4 aromatic rings. The highest BCUT2D eigenvalue weighted by atomic mass is 16.2. The molecule has 0 aliphatic carbocycles. The molecule has 6 nitrogen and oxygen atoms in total. The molecule has 150 valence electrons. The molecule has 0 radical (unpaired) electrons. The normalized spacial score (nSPS) is 10.9. The van der Waals surface area contributed by atoms with Crippen LogP contribution >= 0.6 is 0 Å². The number of aromatic nitrogens is 4. The first kappa shape index (κ1) is 19.6. The van der Waals surface area contributed by atoms with Gasteiger partial charge in [-0.2, -0.15) is 0 Å². The van der Waals surface area contributed by atoms with Crippen LogP contribution in [0.5, 0.6) is 0 Å². The average molecular weight is 397 g/mol. The van der Waals surface area contributed by atoms with Gasteiger partial charge < -0.3 is 4.90 Å². The molecule has 0 saturated carbocycles. The maximum absolute atomic E-state index is 13.2. The van der Waals surface area contributed by atoms with E-state index in [0.29, 0.717) is 29.3 Å². The molecule has 0 N–H and O–H groups in total. The van der Waals surface area contributed by atoms with E-state index in [1.54, 1.807) is 23.5 Å². The highest BCUT2D eigenvalue weighted by molar-refractivity contribution is 6.09. The van der Waals surface area contributed by atoms with Crippen molar-refractivity contribution in [1.82, 2.24) is 24.8 Å². The van der Waals surface area contributed by atoms with Crippen LogP contribution in [0.3, 0.4) is 0 Å². The van der Waals surface area contributed by atoms with E-state index in [0.717, 1.165) is 27.6 Å². The topological polar surface area (TPSA) is 71.9 Å². The van der Waals surface area contributed by atoms with Crippen LogP contribution in [0.15, 0.2) is 55.0 Å². The van der Waals surface area contributed by atoms with E-state index in [1.165, 1.54) is 0 Å². The molecule has 1 amide bonds. The Kier molecular flexibility index (Phi) is 5.23. The van der Waals surface area contributed by atoms with Gasteiger partial charge in [0.15, 0.2) is 5.82 Å². The number of hydrogen-bond acceptors (Lipinski definition) is 5. The Morgan fingerprint density at radius 3 is 2.47 bits per heavy atom. The van der Waals surface area contributed by atoms with E-state index in [-0.39, 0.29) is 5.91 Å². The van der Waals surface area contributed by atoms with Gasteiger partial charge in [0, 0.05) is 43.1 Å². The average Bonchev–Trinajstić information content (AvgIpc) is 2.78. The zero-order valence-electron chi connectivity index (χ0n) is 17.5. The number of pyridine rings is 2. The molecule has 0 saturated heterocycles. The van der Waals surface area contributed by atoms with Crippen molar-refractivity contribution < 1.29 is 4.79 Å². The van der Waals surface area contributed by atoms with Crippen molar-refractivity contribution in [3.63, 3.8) is 0 Å². The van der Waals surface area contributed by atoms with E-state index < -0.39 is 0 Å². The third-order valence-electron chi connectivity index (χ3n) is 5.24. The molecule has 6 heteroatoms. The smallest absolute Gasteiger partial charge is 0.254 e. The lowest BCUT2D eigenvalue weighted by Gasteiger charge is -2.19. The fourth-order valence-corrected chi connectivity index (χ4v) is 3.44. The fourth-order valence-electron chi connectivity index (χ4n) is 3.44. The number of rotatable bonds is 4. The molecule has 4 rings (SSSR count). The number of carbonyl (C=O) groups is 1. The second kappa shape index (κ2) is 7.99. The first-order chi connectivity index (χ1) is 14.5. The van der Waals surface area contributed by atoms with Gasteiger partial charge in [0.2, 0.25) is 0 Å². The van der Waals surface area contributed by atoms with Gasteiger partial charge in [-0.25, -0.2) is 15.0 Å². The predicted octanol–water partition coefficient (Wildman–Crippen LogP) is 4.46. The predicted molar refractivity (Wildman–Crippen MR) is 118 cm³/mol. The van der Waals surface area contributed by atoms with E-state index in [1.807, 2.05) is 64.2 Å². The largest absolute Gasteiger partial charge is 0.342 e. The van der Waals surface area contributed by atoms with E-state index in [9.17, 15) is 4.79 Å². The highest BCUT2D eigenvalue weighted by Crippen LogP contribution is 2.31. The van der Waals surface area contributed by atoms with E-state index >= 15 is 0 Å². The van der Waals surface area contributed by atoms with Crippen LogP contribution in [0, 0.1) is 13.8 Å².